The van der Waals surface area contributed by atoms with E-state index >= 15 is 0 Å². The number of allylic oxidation sites excluding steroid dienone is 4. The number of carbonyl (C=O) groups excluding carboxylic acids is 1. The molecule has 1 aliphatic carbocycles. The van der Waals surface area contributed by atoms with Crippen molar-refractivity contribution in [3.63, 3.8) is 0 Å². The van der Waals surface area contributed by atoms with Crippen molar-refractivity contribution in [2.75, 3.05) is 7.11 Å². The third kappa shape index (κ3) is 3.68. The molecule has 4 heteroatoms. The lowest BCUT2D eigenvalue weighted by Gasteiger charge is -2.21. The summed E-state index contributed by atoms with van der Waals surface area (Å²) in [6, 6.07) is 11.2. The molecule has 0 N–H and O–H groups in total. The van der Waals surface area contributed by atoms with Crippen LogP contribution >= 0.6 is 0 Å². The molecule has 0 spiro atoms. The van der Waals surface area contributed by atoms with Crippen molar-refractivity contribution < 1.29 is 13.9 Å². The molecule has 3 nitrogen and oxygen atoms in total. The number of nitrogens with zero attached hydrogens (tertiary/aromatic N) is 1. The van der Waals surface area contributed by atoms with Crippen molar-refractivity contribution in [2.45, 2.75) is 19.0 Å². The van der Waals surface area contributed by atoms with Gasteiger partial charge in [0.1, 0.15) is 5.75 Å². The number of halogens is 1. The van der Waals surface area contributed by atoms with Gasteiger partial charge in [0.25, 0.3) is 0 Å². The van der Waals surface area contributed by atoms with Crippen LogP contribution in [-0.4, -0.2) is 24.0 Å². The number of ketones is 1. The second-order valence-corrected chi connectivity index (χ2v) is 5.92. The number of aryl methyl sites for hydroxylation is 1. The fraction of sp³-hybridized carbons (Fsp3) is 0.190. The number of rotatable bonds is 5. The second-order valence-electron chi connectivity index (χ2n) is 5.92. The molecule has 0 fully saturated rings. The van der Waals surface area contributed by atoms with E-state index in [0.29, 0.717) is 24.0 Å². The normalized spacial score (nSPS) is 17.5. The number of carbonyl (C=O) groups is 1. The van der Waals surface area contributed by atoms with Gasteiger partial charge in [-0.3, -0.25) is 9.78 Å². The van der Waals surface area contributed by atoms with Crippen LogP contribution in [0.4, 0.5) is 4.39 Å². The van der Waals surface area contributed by atoms with Gasteiger partial charge in [0.15, 0.2) is 12.0 Å². The molecule has 0 saturated heterocycles. The monoisotopic (exact) mass is 336 g/mol. The Kier molecular flexibility index (Phi) is 5.08. The van der Waals surface area contributed by atoms with Gasteiger partial charge in [0, 0.05) is 23.5 Å². The zero-order valence-corrected chi connectivity index (χ0v) is 14.0. The second kappa shape index (κ2) is 7.43. The van der Waals surface area contributed by atoms with E-state index in [-0.39, 0.29) is 5.57 Å². The zero-order chi connectivity index (χ0) is 17.8. The fourth-order valence-electron chi connectivity index (χ4n) is 2.89. The Labute approximate surface area is 146 Å². The largest absolute Gasteiger partial charge is 0.497 e. The molecular weight excluding hydrogens is 317 g/mol. The lowest BCUT2D eigenvalue weighted by molar-refractivity contribution is -0.118. The van der Waals surface area contributed by atoms with Crippen molar-refractivity contribution in [1.82, 2.24) is 4.98 Å². The lowest BCUT2D eigenvalue weighted by Crippen LogP contribution is -2.23. The first kappa shape index (κ1) is 17.1. The van der Waals surface area contributed by atoms with Crippen LogP contribution in [0.5, 0.6) is 5.75 Å². The number of hydrogen-bond acceptors (Lipinski definition) is 3. The van der Waals surface area contributed by atoms with Gasteiger partial charge in [0.05, 0.1) is 7.11 Å². The molecule has 3 rings (SSSR count). The Morgan fingerprint density at radius 3 is 2.80 bits per heavy atom. The summed E-state index contributed by atoms with van der Waals surface area (Å²) in [4.78, 5) is 16.3. The fourth-order valence-corrected chi connectivity index (χ4v) is 2.89. The van der Waals surface area contributed by atoms with Gasteiger partial charge in [-0.15, -0.1) is 0 Å². The smallest absolute Gasteiger partial charge is 0.197 e. The maximum absolute atomic E-state index is 14.5. The highest BCUT2D eigenvalue weighted by atomic mass is 19.1. The van der Waals surface area contributed by atoms with Crippen molar-refractivity contribution in [3.05, 3.63) is 84.1 Å². The molecule has 1 radical (unpaired) electrons. The van der Waals surface area contributed by atoms with Gasteiger partial charge < -0.3 is 4.74 Å². The number of ether oxygens (including phenoxy) is 1. The molecule has 0 amide bonds. The van der Waals surface area contributed by atoms with Crippen LogP contribution in [-0.2, 0) is 11.2 Å². The van der Waals surface area contributed by atoms with Crippen LogP contribution in [0.1, 0.15) is 17.5 Å². The number of pyridine rings is 1. The summed E-state index contributed by atoms with van der Waals surface area (Å²) in [5.74, 6) is 0.221. The van der Waals surface area contributed by atoms with E-state index < -0.39 is 12.0 Å². The standard InChI is InChI=1S/C21H19FNO2/c1-14-16(9-8-15-5-3-7-18(11-15)25-2)12-19(20(22)21(14)24)17-6-4-10-23-13-17/h3-7,10-13,20H,1,8-9H2,2H3. The van der Waals surface area contributed by atoms with E-state index in [1.54, 1.807) is 37.7 Å². The summed E-state index contributed by atoms with van der Waals surface area (Å²) in [5, 5.41) is 0. The quantitative estimate of drug-likeness (QED) is 0.823. The maximum atomic E-state index is 14.5. The Morgan fingerprint density at radius 1 is 1.24 bits per heavy atom. The Morgan fingerprint density at radius 2 is 2.08 bits per heavy atom. The third-order valence-electron chi connectivity index (χ3n) is 4.33. The topological polar surface area (TPSA) is 39.2 Å². The van der Waals surface area contributed by atoms with Crippen LogP contribution in [0, 0.1) is 6.92 Å². The predicted molar refractivity (Wildman–Crippen MR) is 95.8 cm³/mol. The van der Waals surface area contributed by atoms with E-state index in [4.69, 9.17) is 4.74 Å². The zero-order valence-electron chi connectivity index (χ0n) is 14.0. The predicted octanol–water partition coefficient (Wildman–Crippen LogP) is 4.16. The molecule has 1 heterocycles. The van der Waals surface area contributed by atoms with Gasteiger partial charge in [-0.2, -0.15) is 0 Å². The number of hydrogen-bond donors (Lipinski definition) is 0. The van der Waals surface area contributed by atoms with Crippen LogP contribution in [0.2, 0.25) is 0 Å². The van der Waals surface area contributed by atoms with Crippen molar-refractivity contribution in [2.24, 2.45) is 0 Å². The van der Waals surface area contributed by atoms with Gasteiger partial charge in [-0.05, 0) is 54.7 Å². The van der Waals surface area contributed by atoms with Crippen LogP contribution in [0.3, 0.4) is 0 Å². The third-order valence-corrected chi connectivity index (χ3v) is 4.33. The van der Waals surface area contributed by atoms with Crippen LogP contribution in [0.25, 0.3) is 5.57 Å². The van der Waals surface area contributed by atoms with E-state index in [1.165, 1.54) is 0 Å². The maximum Gasteiger partial charge on any atom is 0.197 e. The molecule has 2 aromatic rings. The van der Waals surface area contributed by atoms with E-state index in [9.17, 15) is 9.18 Å². The number of benzene rings is 1. The van der Waals surface area contributed by atoms with Gasteiger partial charge in [0.2, 0.25) is 0 Å². The minimum Gasteiger partial charge on any atom is -0.497 e. The van der Waals surface area contributed by atoms with Crippen molar-refractivity contribution in [1.29, 1.82) is 0 Å². The average molecular weight is 336 g/mol. The Hall–Kier alpha value is -2.75. The van der Waals surface area contributed by atoms with Crippen molar-refractivity contribution in [3.8, 4) is 5.75 Å². The van der Waals surface area contributed by atoms with Gasteiger partial charge in [-0.1, -0.05) is 24.3 Å². The first-order valence-corrected chi connectivity index (χ1v) is 8.08. The molecule has 127 valence electrons. The molecule has 0 bridgehead atoms. The molecule has 0 saturated carbocycles. The molecule has 1 aromatic heterocycles. The summed E-state index contributed by atoms with van der Waals surface area (Å²) in [6.07, 6.45) is 4.57. The molecule has 1 aliphatic rings. The summed E-state index contributed by atoms with van der Waals surface area (Å²) in [7, 11) is 1.62. The molecular formula is C21H19FNO2. The number of Topliss-reactive ketones (excluding diaryl/α,β-unsaturated/α-hetero) is 1. The van der Waals surface area contributed by atoms with Gasteiger partial charge in [-0.25, -0.2) is 4.39 Å². The number of methoxy groups -OCH3 is 1. The SMILES string of the molecule is [CH2]C1=C(CCc2cccc(OC)c2)C=C(c2cccnc2)C(F)C1=O. The Bertz CT molecular complexity index is 840. The molecule has 1 aromatic carbocycles. The van der Waals surface area contributed by atoms with Crippen LogP contribution < -0.4 is 4.74 Å². The summed E-state index contributed by atoms with van der Waals surface area (Å²) in [6.45, 7) is 3.79. The van der Waals surface area contributed by atoms with Crippen molar-refractivity contribution >= 4 is 11.4 Å². The highest BCUT2D eigenvalue weighted by Gasteiger charge is 2.30. The molecule has 1 unspecified atom stereocenters. The minimum absolute atomic E-state index is 0.253. The van der Waals surface area contributed by atoms with E-state index in [0.717, 1.165) is 16.9 Å². The Balaban J connectivity index is 1.86. The summed E-state index contributed by atoms with van der Waals surface area (Å²) in [5.41, 5.74) is 3.08. The summed E-state index contributed by atoms with van der Waals surface area (Å²) < 4.78 is 19.7. The van der Waals surface area contributed by atoms with E-state index in [2.05, 4.69) is 11.9 Å². The highest BCUT2D eigenvalue weighted by Crippen LogP contribution is 2.32. The van der Waals surface area contributed by atoms with Crippen LogP contribution in [0.15, 0.2) is 66.0 Å². The molecule has 1 atom stereocenters. The molecule has 25 heavy (non-hydrogen) atoms. The first-order chi connectivity index (χ1) is 12.1. The number of aromatic nitrogens is 1. The number of alkyl halides is 1. The summed E-state index contributed by atoms with van der Waals surface area (Å²) >= 11 is 0. The van der Waals surface area contributed by atoms with E-state index in [1.807, 2.05) is 24.3 Å². The highest BCUT2D eigenvalue weighted by molar-refractivity contribution is 6.10. The minimum atomic E-state index is -1.68. The van der Waals surface area contributed by atoms with Gasteiger partial charge >= 0.3 is 0 Å². The average Bonchev–Trinajstić information content (AvgIpc) is 2.66. The first-order valence-electron chi connectivity index (χ1n) is 8.08. The molecule has 0 aliphatic heterocycles. The lowest BCUT2D eigenvalue weighted by atomic mass is 9.85.